The van der Waals surface area contributed by atoms with Gasteiger partial charge in [0, 0.05) is 5.69 Å². The Morgan fingerprint density at radius 1 is 1.12 bits per heavy atom. The SMILES string of the molecule is CC(C)(C)c1ccc(NC(=O)CN2CC(=O)Oc3ccccc32)cc1. The maximum Gasteiger partial charge on any atom is 0.331 e. The summed E-state index contributed by atoms with van der Waals surface area (Å²) >= 11 is 0. The van der Waals surface area contributed by atoms with Gasteiger partial charge in [-0.05, 0) is 35.2 Å². The van der Waals surface area contributed by atoms with E-state index in [1.54, 1.807) is 17.0 Å². The highest BCUT2D eigenvalue weighted by molar-refractivity contribution is 5.96. The van der Waals surface area contributed by atoms with Crippen molar-refractivity contribution >= 4 is 23.3 Å². The fourth-order valence-corrected chi connectivity index (χ4v) is 2.77. The first-order valence-corrected chi connectivity index (χ1v) is 8.28. The molecule has 130 valence electrons. The molecule has 1 aliphatic heterocycles. The minimum Gasteiger partial charge on any atom is -0.423 e. The predicted molar refractivity (Wildman–Crippen MR) is 98.1 cm³/mol. The second-order valence-corrected chi connectivity index (χ2v) is 7.17. The molecule has 0 saturated carbocycles. The molecule has 0 spiro atoms. The number of carbonyl (C=O) groups is 2. The molecule has 0 unspecified atom stereocenters. The fourth-order valence-electron chi connectivity index (χ4n) is 2.77. The number of fused-ring (bicyclic) bond motifs is 1. The Labute approximate surface area is 147 Å². The third kappa shape index (κ3) is 3.99. The largest absolute Gasteiger partial charge is 0.423 e. The second-order valence-electron chi connectivity index (χ2n) is 7.17. The van der Waals surface area contributed by atoms with Crippen LogP contribution >= 0.6 is 0 Å². The highest BCUT2D eigenvalue weighted by Gasteiger charge is 2.25. The Balaban J connectivity index is 1.68. The lowest BCUT2D eigenvalue weighted by atomic mass is 9.87. The number of amides is 1. The van der Waals surface area contributed by atoms with E-state index in [-0.39, 0.29) is 30.4 Å². The molecule has 1 N–H and O–H groups in total. The Morgan fingerprint density at radius 2 is 1.80 bits per heavy atom. The number of benzene rings is 2. The molecule has 5 heteroatoms. The molecule has 1 heterocycles. The summed E-state index contributed by atoms with van der Waals surface area (Å²) in [5.74, 6) is -0.0462. The molecular formula is C20H22N2O3. The van der Waals surface area contributed by atoms with Crippen LogP contribution < -0.4 is 15.0 Å². The van der Waals surface area contributed by atoms with Crippen LogP contribution in [-0.2, 0) is 15.0 Å². The fraction of sp³-hybridized carbons (Fsp3) is 0.300. The normalized spacial score (nSPS) is 13.9. The summed E-state index contributed by atoms with van der Waals surface area (Å²) in [5, 5.41) is 2.88. The van der Waals surface area contributed by atoms with Crippen LogP contribution in [0.1, 0.15) is 26.3 Å². The van der Waals surface area contributed by atoms with Crippen molar-refractivity contribution in [2.24, 2.45) is 0 Å². The molecule has 0 atom stereocenters. The first kappa shape index (κ1) is 17.0. The molecule has 0 aliphatic carbocycles. The first-order chi connectivity index (χ1) is 11.8. The van der Waals surface area contributed by atoms with Gasteiger partial charge in [-0.25, -0.2) is 4.79 Å². The van der Waals surface area contributed by atoms with Gasteiger partial charge in [-0.2, -0.15) is 0 Å². The van der Waals surface area contributed by atoms with Gasteiger partial charge in [-0.1, -0.05) is 45.0 Å². The summed E-state index contributed by atoms with van der Waals surface area (Å²) in [6.45, 7) is 6.59. The van der Waals surface area contributed by atoms with Gasteiger partial charge < -0.3 is 15.0 Å². The zero-order chi connectivity index (χ0) is 18.0. The molecule has 1 amide bonds. The van der Waals surface area contributed by atoms with Crippen molar-refractivity contribution in [1.82, 2.24) is 0 Å². The number of ether oxygens (including phenoxy) is 1. The molecule has 0 fully saturated rings. The third-order valence-electron chi connectivity index (χ3n) is 4.12. The first-order valence-electron chi connectivity index (χ1n) is 8.28. The van der Waals surface area contributed by atoms with Crippen LogP contribution in [0.2, 0.25) is 0 Å². The van der Waals surface area contributed by atoms with Gasteiger partial charge in [0.25, 0.3) is 0 Å². The lowest BCUT2D eigenvalue weighted by Gasteiger charge is -2.29. The van der Waals surface area contributed by atoms with Crippen molar-refractivity contribution in [2.75, 3.05) is 23.3 Å². The van der Waals surface area contributed by atoms with E-state index in [0.717, 1.165) is 11.4 Å². The highest BCUT2D eigenvalue weighted by atomic mass is 16.5. The zero-order valence-corrected chi connectivity index (χ0v) is 14.7. The molecule has 2 aromatic rings. The van der Waals surface area contributed by atoms with Crippen LogP contribution in [0.15, 0.2) is 48.5 Å². The number of esters is 1. The molecule has 0 bridgehead atoms. The number of nitrogens with zero attached hydrogens (tertiary/aromatic N) is 1. The molecule has 25 heavy (non-hydrogen) atoms. The van der Waals surface area contributed by atoms with Gasteiger partial charge in [0.2, 0.25) is 5.91 Å². The maximum atomic E-state index is 12.4. The summed E-state index contributed by atoms with van der Waals surface area (Å²) < 4.78 is 5.19. The monoisotopic (exact) mass is 338 g/mol. The van der Waals surface area contributed by atoms with Crippen molar-refractivity contribution in [2.45, 2.75) is 26.2 Å². The van der Waals surface area contributed by atoms with E-state index in [2.05, 4.69) is 26.1 Å². The van der Waals surface area contributed by atoms with Gasteiger partial charge >= 0.3 is 5.97 Å². The van der Waals surface area contributed by atoms with Gasteiger partial charge in [0.15, 0.2) is 5.75 Å². The molecular weight excluding hydrogens is 316 g/mol. The zero-order valence-electron chi connectivity index (χ0n) is 14.7. The summed E-state index contributed by atoms with van der Waals surface area (Å²) in [6.07, 6.45) is 0. The van der Waals surface area contributed by atoms with Crippen LogP contribution in [0.5, 0.6) is 5.75 Å². The topological polar surface area (TPSA) is 58.6 Å². The maximum absolute atomic E-state index is 12.4. The van der Waals surface area contributed by atoms with Gasteiger partial charge in [-0.3, -0.25) is 4.79 Å². The van der Waals surface area contributed by atoms with E-state index in [4.69, 9.17) is 4.74 Å². The minimum absolute atomic E-state index is 0.0629. The summed E-state index contributed by atoms with van der Waals surface area (Å²) in [5.41, 5.74) is 2.77. The molecule has 3 rings (SSSR count). The van der Waals surface area contributed by atoms with Crippen LogP contribution in [0.4, 0.5) is 11.4 Å². The Kier molecular flexibility index (Phi) is 4.49. The van der Waals surface area contributed by atoms with Crippen molar-refractivity contribution in [1.29, 1.82) is 0 Å². The number of carbonyl (C=O) groups excluding carboxylic acids is 2. The quantitative estimate of drug-likeness (QED) is 0.689. The average Bonchev–Trinajstić information content (AvgIpc) is 2.54. The minimum atomic E-state index is -0.360. The van der Waals surface area contributed by atoms with Crippen molar-refractivity contribution < 1.29 is 14.3 Å². The molecule has 5 nitrogen and oxygen atoms in total. The van der Waals surface area contributed by atoms with Crippen LogP contribution in [-0.4, -0.2) is 25.0 Å². The highest BCUT2D eigenvalue weighted by Crippen LogP contribution is 2.31. The lowest BCUT2D eigenvalue weighted by Crippen LogP contribution is -2.41. The lowest BCUT2D eigenvalue weighted by molar-refractivity contribution is -0.133. The van der Waals surface area contributed by atoms with Crippen molar-refractivity contribution in [3.8, 4) is 5.75 Å². The van der Waals surface area contributed by atoms with Gasteiger partial charge in [0.05, 0.1) is 12.2 Å². The van der Waals surface area contributed by atoms with Gasteiger partial charge in [0.1, 0.15) is 6.54 Å². The van der Waals surface area contributed by atoms with Gasteiger partial charge in [-0.15, -0.1) is 0 Å². The number of para-hydroxylation sites is 2. The van der Waals surface area contributed by atoms with Crippen LogP contribution in [0, 0.1) is 0 Å². The summed E-state index contributed by atoms with van der Waals surface area (Å²) in [4.78, 5) is 25.8. The van der Waals surface area contributed by atoms with E-state index in [0.29, 0.717) is 5.75 Å². The number of rotatable bonds is 3. The van der Waals surface area contributed by atoms with E-state index >= 15 is 0 Å². The number of anilines is 2. The van der Waals surface area contributed by atoms with E-state index in [1.165, 1.54) is 5.56 Å². The standard InChI is InChI=1S/C20H22N2O3/c1-20(2,3)14-8-10-15(11-9-14)21-18(23)12-22-13-19(24)25-17-7-5-4-6-16(17)22/h4-11H,12-13H2,1-3H3,(H,21,23). The van der Waals surface area contributed by atoms with E-state index < -0.39 is 0 Å². The molecule has 0 saturated heterocycles. The Morgan fingerprint density at radius 3 is 2.48 bits per heavy atom. The van der Waals surface area contributed by atoms with E-state index in [9.17, 15) is 9.59 Å². The molecule has 0 radical (unpaired) electrons. The summed E-state index contributed by atoms with van der Waals surface area (Å²) in [6, 6.07) is 15.1. The van der Waals surface area contributed by atoms with Crippen LogP contribution in [0.25, 0.3) is 0 Å². The molecule has 1 aliphatic rings. The number of nitrogens with one attached hydrogen (secondary N) is 1. The van der Waals surface area contributed by atoms with Crippen molar-refractivity contribution in [3.05, 3.63) is 54.1 Å². The number of hydrogen-bond donors (Lipinski definition) is 1. The third-order valence-corrected chi connectivity index (χ3v) is 4.12. The smallest absolute Gasteiger partial charge is 0.331 e. The van der Waals surface area contributed by atoms with Crippen LogP contribution in [0.3, 0.4) is 0 Å². The molecule has 0 aromatic heterocycles. The van der Waals surface area contributed by atoms with E-state index in [1.807, 2.05) is 36.4 Å². The molecule has 2 aromatic carbocycles. The second kappa shape index (κ2) is 6.59. The van der Waals surface area contributed by atoms with Crippen molar-refractivity contribution in [3.63, 3.8) is 0 Å². The number of hydrogen-bond acceptors (Lipinski definition) is 4. The average molecular weight is 338 g/mol. The predicted octanol–water partition coefficient (Wildman–Crippen LogP) is 3.35. The summed E-state index contributed by atoms with van der Waals surface area (Å²) in [7, 11) is 0. The Hall–Kier alpha value is -2.82. The Bertz CT molecular complexity index is 791.